The molecule has 0 aliphatic rings. The fourth-order valence-corrected chi connectivity index (χ4v) is 2.83. The van der Waals surface area contributed by atoms with Gasteiger partial charge < -0.3 is 19.2 Å². The predicted molar refractivity (Wildman–Crippen MR) is 107 cm³/mol. The van der Waals surface area contributed by atoms with E-state index >= 15 is 0 Å². The van der Waals surface area contributed by atoms with Crippen molar-refractivity contribution < 1.29 is 18.7 Å². The Kier molecular flexibility index (Phi) is 5.99. The Morgan fingerprint density at radius 3 is 2.71 bits per heavy atom. The summed E-state index contributed by atoms with van der Waals surface area (Å²) in [6.45, 7) is 4.43. The van der Waals surface area contributed by atoms with Crippen molar-refractivity contribution in [2.24, 2.45) is 0 Å². The van der Waals surface area contributed by atoms with Gasteiger partial charge in [-0.3, -0.25) is 4.79 Å². The van der Waals surface area contributed by atoms with Crippen LogP contribution in [0.2, 0.25) is 0 Å². The van der Waals surface area contributed by atoms with Crippen LogP contribution < -0.4 is 20.4 Å². The molecule has 1 heterocycles. The normalized spacial score (nSPS) is 11.8. The zero-order valence-corrected chi connectivity index (χ0v) is 16.2. The van der Waals surface area contributed by atoms with Crippen LogP contribution in [0.25, 0.3) is 11.0 Å². The van der Waals surface area contributed by atoms with E-state index in [9.17, 15) is 9.59 Å². The highest BCUT2D eigenvalue weighted by molar-refractivity contribution is 5.97. The molecule has 0 saturated carbocycles. The van der Waals surface area contributed by atoms with Gasteiger partial charge in [-0.1, -0.05) is 19.1 Å². The Bertz CT molecular complexity index is 1040. The molecule has 0 radical (unpaired) electrons. The van der Waals surface area contributed by atoms with Gasteiger partial charge in [0, 0.05) is 11.5 Å². The monoisotopic (exact) mass is 381 g/mol. The molecular weight excluding hydrogens is 358 g/mol. The van der Waals surface area contributed by atoms with E-state index in [0.29, 0.717) is 29.1 Å². The molecule has 0 fully saturated rings. The van der Waals surface area contributed by atoms with E-state index in [2.05, 4.69) is 5.32 Å². The van der Waals surface area contributed by atoms with Crippen molar-refractivity contribution in [3.05, 3.63) is 70.1 Å². The standard InChI is InChI=1S/C22H23NO5/c1-4-10-27-18-9-8-16-12-19(22(25)28-20(16)13-18)21(24)23-14(2)15-6-5-7-17(11-15)26-3/h5-9,11-14H,4,10H2,1-3H3,(H,23,24). The largest absolute Gasteiger partial charge is 0.497 e. The summed E-state index contributed by atoms with van der Waals surface area (Å²) in [6, 6.07) is 13.9. The summed E-state index contributed by atoms with van der Waals surface area (Å²) in [4.78, 5) is 25.0. The van der Waals surface area contributed by atoms with Gasteiger partial charge in [-0.15, -0.1) is 0 Å². The molecule has 1 N–H and O–H groups in total. The molecule has 0 saturated heterocycles. The van der Waals surface area contributed by atoms with Crippen LogP contribution in [0.4, 0.5) is 0 Å². The SMILES string of the molecule is CCCOc1ccc2cc(C(=O)NC(C)c3cccc(OC)c3)c(=O)oc2c1. The number of ether oxygens (including phenoxy) is 2. The summed E-state index contributed by atoms with van der Waals surface area (Å²) in [5.41, 5.74) is 0.534. The Morgan fingerprint density at radius 1 is 1.14 bits per heavy atom. The highest BCUT2D eigenvalue weighted by atomic mass is 16.5. The van der Waals surface area contributed by atoms with Gasteiger partial charge in [-0.2, -0.15) is 0 Å². The zero-order chi connectivity index (χ0) is 20.1. The number of amides is 1. The minimum atomic E-state index is -0.685. The number of carbonyl (C=O) groups excluding carboxylic acids is 1. The summed E-state index contributed by atoms with van der Waals surface area (Å²) >= 11 is 0. The third-order valence-electron chi connectivity index (χ3n) is 4.37. The highest BCUT2D eigenvalue weighted by Gasteiger charge is 2.17. The molecule has 3 rings (SSSR count). The molecule has 1 aromatic heterocycles. The van der Waals surface area contributed by atoms with E-state index in [1.54, 1.807) is 31.4 Å². The molecule has 1 unspecified atom stereocenters. The van der Waals surface area contributed by atoms with Crippen LogP contribution in [-0.4, -0.2) is 19.6 Å². The molecule has 1 atom stereocenters. The third kappa shape index (κ3) is 4.34. The van der Waals surface area contributed by atoms with E-state index in [-0.39, 0.29) is 11.6 Å². The Labute approximate surface area is 163 Å². The molecular formula is C22H23NO5. The van der Waals surface area contributed by atoms with Crippen molar-refractivity contribution in [3.63, 3.8) is 0 Å². The van der Waals surface area contributed by atoms with Gasteiger partial charge >= 0.3 is 5.63 Å². The fraction of sp³-hybridized carbons (Fsp3) is 0.273. The fourth-order valence-electron chi connectivity index (χ4n) is 2.83. The minimum absolute atomic E-state index is 0.0375. The Morgan fingerprint density at radius 2 is 1.96 bits per heavy atom. The van der Waals surface area contributed by atoms with Crippen LogP contribution in [0, 0.1) is 0 Å². The van der Waals surface area contributed by atoms with E-state index in [1.165, 1.54) is 0 Å². The van der Waals surface area contributed by atoms with Crippen LogP contribution >= 0.6 is 0 Å². The molecule has 0 aliphatic heterocycles. The summed E-state index contributed by atoms with van der Waals surface area (Å²) in [6.07, 6.45) is 0.882. The van der Waals surface area contributed by atoms with Crippen LogP contribution in [0.3, 0.4) is 0 Å². The van der Waals surface area contributed by atoms with E-state index in [4.69, 9.17) is 13.9 Å². The van der Waals surface area contributed by atoms with E-state index < -0.39 is 11.5 Å². The van der Waals surface area contributed by atoms with Gasteiger partial charge in [0.2, 0.25) is 0 Å². The Balaban J connectivity index is 1.82. The van der Waals surface area contributed by atoms with Gasteiger partial charge in [0.1, 0.15) is 22.6 Å². The van der Waals surface area contributed by atoms with Gasteiger partial charge in [-0.05, 0) is 49.2 Å². The molecule has 0 aliphatic carbocycles. The number of carbonyl (C=O) groups is 1. The maximum atomic E-state index is 12.6. The number of methoxy groups -OCH3 is 1. The van der Waals surface area contributed by atoms with Gasteiger partial charge in [-0.25, -0.2) is 4.79 Å². The molecule has 6 nitrogen and oxygen atoms in total. The number of hydrogen-bond acceptors (Lipinski definition) is 5. The lowest BCUT2D eigenvalue weighted by Crippen LogP contribution is -2.30. The smallest absolute Gasteiger partial charge is 0.349 e. The lowest BCUT2D eigenvalue weighted by atomic mass is 10.1. The van der Waals surface area contributed by atoms with E-state index in [1.807, 2.05) is 38.1 Å². The number of nitrogens with one attached hydrogen (secondary N) is 1. The van der Waals surface area contributed by atoms with Crippen molar-refractivity contribution in [3.8, 4) is 11.5 Å². The second-order valence-electron chi connectivity index (χ2n) is 6.47. The van der Waals surface area contributed by atoms with Crippen LogP contribution in [0.15, 0.2) is 57.7 Å². The molecule has 3 aromatic rings. The van der Waals surface area contributed by atoms with Crippen LogP contribution in [0.1, 0.15) is 42.2 Å². The summed E-state index contributed by atoms with van der Waals surface area (Å²) in [5.74, 6) is 0.837. The molecule has 0 spiro atoms. The van der Waals surface area contributed by atoms with Crippen molar-refractivity contribution >= 4 is 16.9 Å². The lowest BCUT2D eigenvalue weighted by Gasteiger charge is -2.15. The topological polar surface area (TPSA) is 77.8 Å². The number of hydrogen-bond donors (Lipinski definition) is 1. The quantitative estimate of drug-likeness (QED) is 0.624. The maximum Gasteiger partial charge on any atom is 0.349 e. The summed E-state index contributed by atoms with van der Waals surface area (Å²) < 4.78 is 16.1. The first-order valence-corrected chi connectivity index (χ1v) is 9.17. The van der Waals surface area contributed by atoms with Gasteiger partial charge in [0.15, 0.2) is 0 Å². The van der Waals surface area contributed by atoms with Crippen molar-refractivity contribution in [2.75, 3.05) is 13.7 Å². The zero-order valence-electron chi connectivity index (χ0n) is 16.2. The minimum Gasteiger partial charge on any atom is -0.497 e. The molecule has 146 valence electrons. The molecule has 2 aromatic carbocycles. The van der Waals surface area contributed by atoms with Crippen molar-refractivity contribution in [1.82, 2.24) is 5.32 Å². The second kappa shape index (κ2) is 8.61. The molecule has 1 amide bonds. The van der Waals surface area contributed by atoms with Crippen molar-refractivity contribution in [1.29, 1.82) is 0 Å². The van der Waals surface area contributed by atoms with Gasteiger partial charge in [0.05, 0.1) is 19.8 Å². The number of rotatable bonds is 7. The number of benzene rings is 2. The molecule has 6 heteroatoms. The first-order valence-electron chi connectivity index (χ1n) is 9.17. The summed E-state index contributed by atoms with van der Waals surface area (Å²) in [7, 11) is 1.58. The highest BCUT2D eigenvalue weighted by Crippen LogP contribution is 2.22. The first-order chi connectivity index (χ1) is 13.5. The average Bonchev–Trinajstić information content (AvgIpc) is 2.71. The predicted octanol–water partition coefficient (Wildman–Crippen LogP) is 4.08. The first kappa shape index (κ1) is 19.5. The Hall–Kier alpha value is -3.28. The lowest BCUT2D eigenvalue weighted by molar-refractivity contribution is 0.0936. The second-order valence-corrected chi connectivity index (χ2v) is 6.47. The third-order valence-corrected chi connectivity index (χ3v) is 4.37. The molecule has 28 heavy (non-hydrogen) atoms. The van der Waals surface area contributed by atoms with E-state index in [0.717, 1.165) is 12.0 Å². The maximum absolute atomic E-state index is 12.6. The van der Waals surface area contributed by atoms with Crippen LogP contribution in [-0.2, 0) is 0 Å². The summed E-state index contributed by atoms with van der Waals surface area (Å²) in [5, 5.41) is 3.48. The average molecular weight is 381 g/mol. The van der Waals surface area contributed by atoms with Crippen molar-refractivity contribution in [2.45, 2.75) is 26.3 Å². The molecule has 0 bridgehead atoms. The van der Waals surface area contributed by atoms with Crippen LogP contribution in [0.5, 0.6) is 11.5 Å². The number of fused-ring (bicyclic) bond motifs is 1. The van der Waals surface area contributed by atoms with Gasteiger partial charge in [0.25, 0.3) is 5.91 Å².